The number of hydrogen-bond donors (Lipinski definition) is 3. The average Bonchev–Trinajstić information content (AvgIpc) is 3.36. The van der Waals surface area contributed by atoms with Crippen molar-refractivity contribution < 1.29 is 14.0 Å². The van der Waals surface area contributed by atoms with Gasteiger partial charge in [0, 0.05) is 29.0 Å². The molecule has 0 radical (unpaired) electrons. The maximum atomic E-state index is 13.4. The van der Waals surface area contributed by atoms with Gasteiger partial charge < -0.3 is 16.0 Å². The zero-order valence-electron chi connectivity index (χ0n) is 24.2. The number of fused-ring (bicyclic) bond motifs is 1. The summed E-state index contributed by atoms with van der Waals surface area (Å²) in [6, 6.07) is 29.1. The largest absolute Gasteiger partial charge is 0.354 e. The minimum atomic E-state index is -0.325. The lowest BCUT2D eigenvalue weighted by Gasteiger charge is -2.26. The van der Waals surface area contributed by atoms with Gasteiger partial charge in [-0.3, -0.25) is 14.5 Å². The SMILES string of the molecule is C[C@@H](NC(=O)c1ccc2c(c1)C(=C(Nc1ccc(CN3CCCCC3)cc1)c1ccccc1)C(=O)N2)c1ccc(F)cc1. The molecule has 2 aliphatic heterocycles. The average molecular weight is 575 g/mol. The third-order valence-electron chi connectivity index (χ3n) is 8.13. The molecule has 6 nitrogen and oxygen atoms in total. The molecule has 0 aliphatic carbocycles. The van der Waals surface area contributed by atoms with Gasteiger partial charge in [-0.1, -0.05) is 61.0 Å². The second-order valence-electron chi connectivity index (χ2n) is 11.2. The lowest BCUT2D eigenvalue weighted by Crippen LogP contribution is -2.29. The van der Waals surface area contributed by atoms with Crippen molar-refractivity contribution in [2.24, 2.45) is 0 Å². The van der Waals surface area contributed by atoms with Crippen LogP contribution in [0.3, 0.4) is 0 Å². The second kappa shape index (κ2) is 12.6. The number of hydrogen-bond acceptors (Lipinski definition) is 4. The van der Waals surface area contributed by atoms with Crippen molar-refractivity contribution in [1.82, 2.24) is 10.2 Å². The topological polar surface area (TPSA) is 73.5 Å². The zero-order chi connectivity index (χ0) is 29.8. The highest BCUT2D eigenvalue weighted by atomic mass is 19.1. The summed E-state index contributed by atoms with van der Waals surface area (Å²) >= 11 is 0. The maximum Gasteiger partial charge on any atom is 0.258 e. The van der Waals surface area contributed by atoms with E-state index in [1.807, 2.05) is 37.3 Å². The first kappa shape index (κ1) is 28.4. The predicted octanol–water partition coefficient (Wildman–Crippen LogP) is 7.24. The number of benzene rings is 4. The zero-order valence-corrected chi connectivity index (χ0v) is 24.2. The van der Waals surface area contributed by atoms with Gasteiger partial charge in [0.15, 0.2) is 0 Å². The van der Waals surface area contributed by atoms with Crippen LogP contribution in [0.5, 0.6) is 0 Å². The van der Waals surface area contributed by atoms with E-state index in [9.17, 15) is 14.0 Å². The number of halogens is 1. The van der Waals surface area contributed by atoms with Gasteiger partial charge in [-0.05, 0) is 92.0 Å². The van der Waals surface area contributed by atoms with Crippen LogP contribution >= 0.6 is 0 Å². The Morgan fingerprint density at radius 3 is 2.33 bits per heavy atom. The summed E-state index contributed by atoms with van der Waals surface area (Å²) < 4.78 is 13.4. The van der Waals surface area contributed by atoms with Crippen LogP contribution in [0.25, 0.3) is 11.3 Å². The van der Waals surface area contributed by atoms with Crippen molar-refractivity contribution in [3.8, 4) is 0 Å². The second-order valence-corrected chi connectivity index (χ2v) is 11.2. The molecule has 0 bridgehead atoms. The van der Waals surface area contributed by atoms with Crippen LogP contribution in [-0.2, 0) is 11.3 Å². The summed E-state index contributed by atoms with van der Waals surface area (Å²) in [6.07, 6.45) is 3.83. The number of nitrogens with one attached hydrogen (secondary N) is 3. The van der Waals surface area contributed by atoms with Crippen LogP contribution in [0.4, 0.5) is 15.8 Å². The molecule has 1 atom stereocenters. The van der Waals surface area contributed by atoms with E-state index in [2.05, 4.69) is 45.1 Å². The molecule has 2 amide bonds. The molecule has 0 aromatic heterocycles. The fraction of sp³-hybridized carbons (Fsp3) is 0.222. The fourth-order valence-corrected chi connectivity index (χ4v) is 5.77. The molecular formula is C36H35FN4O2. The molecule has 4 aromatic carbocycles. The molecule has 2 heterocycles. The summed E-state index contributed by atoms with van der Waals surface area (Å²) in [7, 11) is 0. The molecule has 1 saturated heterocycles. The van der Waals surface area contributed by atoms with E-state index in [0.29, 0.717) is 28.1 Å². The van der Waals surface area contributed by atoms with E-state index in [4.69, 9.17) is 0 Å². The molecule has 4 aromatic rings. The molecular weight excluding hydrogens is 539 g/mol. The lowest BCUT2D eigenvalue weighted by atomic mass is 9.98. The third kappa shape index (κ3) is 6.52. The predicted molar refractivity (Wildman–Crippen MR) is 170 cm³/mol. The van der Waals surface area contributed by atoms with Gasteiger partial charge in [-0.2, -0.15) is 0 Å². The van der Waals surface area contributed by atoms with Crippen molar-refractivity contribution in [3.63, 3.8) is 0 Å². The monoisotopic (exact) mass is 574 g/mol. The molecule has 0 spiro atoms. The highest BCUT2D eigenvalue weighted by Gasteiger charge is 2.29. The number of piperidine rings is 1. The number of carbonyl (C=O) groups is 2. The number of carbonyl (C=O) groups excluding carboxylic acids is 2. The maximum absolute atomic E-state index is 13.4. The van der Waals surface area contributed by atoms with Crippen LogP contribution in [0.2, 0.25) is 0 Å². The van der Waals surface area contributed by atoms with E-state index in [1.165, 1.54) is 37.0 Å². The Hall–Kier alpha value is -4.75. The van der Waals surface area contributed by atoms with E-state index in [0.717, 1.165) is 36.4 Å². The number of amides is 2. The van der Waals surface area contributed by atoms with E-state index in [1.54, 1.807) is 30.3 Å². The van der Waals surface area contributed by atoms with Gasteiger partial charge in [-0.25, -0.2) is 4.39 Å². The van der Waals surface area contributed by atoms with E-state index >= 15 is 0 Å². The van der Waals surface area contributed by atoms with Crippen LogP contribution in [0.15, 0.2) is 97.1 Å². The molecule has 3 N–H and O–H groups in total. The Bertz CT molecular complexity index is 1640. The smallest absolute Gasteiger partial charge is 0.258 e. The van der Waals surface area contributed by atoms with Crippen molar-refractivity contribution in [3.05, 3.63) is 131 Å². The van der Waals surface area contributed by atoms with E-state index < -0.39 is 0 Å². The summed E-state index contributed by atoms with van der Waals surface area (Å²) in [5, 5.41) is 9.47. The Morgan fingerprint density at radius 2 is 1.60 bits per heavy atom. The molecule has 7 heteroatoms. The quantitative estimate of drug-likeness (QED) is 0.194. The molecule has 43 heavy (non-hydrogen) atoms. The standard InChI is InChI=1S/C36H35FN4O2/c1-24(26-12-15-29(37)16-13-26)38-35(42)28-14-19-32-31(22-28)33(36(43)40-32)34(27-8-4-2-5-9-27)39-30-17-10-25(11-18-30)23-41-20-6-3-7-21-41/h2,4-5,8-19,22,24,39H,3,6-7,20-21,23H2,1H3,(H,38,42)(H,40,43)/t24-/m1/s1. The van der Waals surface area contributed by atoms with Crippen molar-refractivity contribution >= 4 is 34.5 Å². The molecule has 2 aliphatic rings. The van der Waals surface area contributed by atoms with Crippen molar-refractivity contribution in [2.75, 3.05) is 23.7 Å². The molecule has 1 fully saturated rings. The summed E-state index contributed by atoms with van der Waals surface area (Å²) in [4.78, 5) is 29.2. The molecule has 6 rings (SSSR count). The summed E-state index contributed by atoms with van der Waals surface area (Å²) in [6.45, 7) is 5.07. The minimum Gasteiger partial charge on any atom is -0.354 e. The van der Waals surface area contributed by atoms with Crippen LogP contribution in [-0.4, -0.2) is 29.8 Å². The van der Waals surface area contributed by atoms with Gasteiger partial charge in [0.05, 0.1) is 17.3 Å². The number of likely N-dealkylation sites (tertiary alicyclic amines) is 1. The Labute approximate surface area is 251 Å². The molecule has 218 valence electrons. The van der Waals surface area contributed by atoms with Gasteiger partial charge in [0.25, 0.3) is 11.8 Å². The Kier molecular flexibility index (Phi) is 8.34. The Balaban J connectivity index is 1.29. The molecule has 0 saturated carbocycles. The van der Waals surface area contributed by atoms with Gasteiger partial charge in [0.2, 0.25) is 0 Å². The fourth-order valence-electron chi connectivity index (χ4n) is 5.77. The Morgan fingerprint density at radius 1 is 0.884 bits per heavy atom. The highest BCUT2D eigenvalue weighted by Crippen LogP contribution is 2.38. The van der Waals surface area contributed by atoms with Crippen molar-refractivity contribution in [2.45, 2.75) is 38.8 Å². The van der Waals surface area contributed by atoms with Crippen LogP contribution in [0, 0.1) is 5.82 Å². The van der Waals surface area contributed by atoms with Gasteiger partial charge >= 0.3 is 0 Å². The first-order valence-electron chi connectivity index (χ1n) is 14.8. The first-order valence-corrected chi connectivity index (χ1v) is 14.8. The minimum absolute atomic E-state index is 0.236. The number of nitrogens with zero attached hydrogens (tertiary/aromatic N) is 1. The molecule has 0 unspecified atom stereocenters. The summed E-state index contributed by atoms with van der Waals surface area (Å²) in [5.41, 5.74) is 6.65. The highest BCUT2D eigenvalue weighted by molar-refractivity contribution is 6.37. The summed E-state index contributed by atoms with van der Waals surface area (Å²) in [5.74, 6) is -0.842. The number of rotatable bonds is 8. The third-order valence-corrected chi connectivity index (χ3v) is 8.13. The van der Waals surface area contributed by atoms with Crippen molar-refractivity contribution in [1.29, 1.82) is 0 Å². The van der Waals surface area contributed by atoms with E-state index in [-0.39, 0.29) is 23.7 Å². The van der Waals surface area contributed by atoms with Crippen LogP contribution < -0.4 is 16.0 Å². The first-order chi connectivity index (χ1) is 20.9. The normalized spacial score (nSPS) is 16.7. The number of anilines is 2. The lowest BCUT2D eigenvalue weighted by molar-refractivity contribution is -0.110. The van der Waals surface area contributed by atoms with Gasteiger partial charge in [-0.15, -0.1) is 0 Å². The van der Waals surface area contributed by atoms with Crippen LogP contribution in [0.1, 0.15) is 64.8 Å². The van der Waals surface area contributed by atoms with Gasteiger partial charge in [0.1, 0.15) is 5.82 Å².